The molecule has 0 aliphatic heterocycles. The first-order valence-electron chi connectivity index (χ1n) is 7.76. The molecule has 1 unspecified atom stereocenters. The first-order chi connectivity index (χ1) is 11.0. The fourth-order valence-corrected chi connectivity index (χ4v) is 2.50. The molecule has 122 valence electrons. The second kappa shape index (κ2) is 7.68. The maximum absolute atomic E-state index is 12.4. The molecule has 1 amide bonds. The molecule has 0 saturated heterocycles. The molecule has 0 spiro atoms. The number of nitrogens with zero attached hydrogens (tertiary/aromatic N) is 1. The van der Waals surface area contributed by atoms with Gasteiger partial charge < -0.3 is 15.4 Å². The van der Waals surface area contributed by atoms with Crippen LogP contribution in [0.5, 0.6) is 5.75 Å². The van der Waals surface area contributed by atoms with Crippen LogP contribution in [0, 0.1) is 0 Å². The number of carbonyl (C=O) groups is 1. The van der Waals surface area contributed by atoms with E-state index < -0.39 is 0 Å². The van der Waals surface area contributed by atoms with Crippen LogP contribution >= 0.6 is 0 Å². The number of nitrogen functional groups attached to an aromatic ring is 1. The minimum Gasteiger partial charge on any atom is -0.497 e. The summed E-state index contributed by atoms with van der Waals surface area (Å²) in [6.45, 7) is 2.02. The zero-order valence-electron chi connectivity index (χ0n) is 14.0. The molecular formula is C19H24N2O2. The number of ether oxygens (including phenoxy) is 1. The number of rotatable bonds is 6. The number of anilines is 1. The molecule has 2 aromatic carbocycles. The highest BCUT2D eigenvalue weighted by Gasteiger charge is 2.17. The van der Waals surface area contributed by atoms with Crippen LogP contribution < -0.4 is 10.5 Å². The smallest absolute Gasteiger partial charge is 0.223 e. The summed E-state index contributed by atoms with van der Waals surface area (Å²) in [4.78, 5) is 14.2. The predicted molar refractivity (Wildman–Crippen MR) is 93.4 cm³/mol. The van der Waals surface area contributed by atoms with E-state index in [1.807, 2.05) is 62.5 Å². The van der Waals surface area contributed by atoms with Crippen LogP contribution in [0.2, 0.25) is 0 Å². The summed E-state index contributed by atoms with van der Waals surface area (Å²) in [7, 11) is 3.48. The molecule has 23 heavy (non-hydrogen) atoms. The number of para-hydroxylation sites is 1. The number of hydrogen-bond acceptors (Lipinski definition) is 3. The fourth-order valence-electron chi connectivity index (χ4n) is 2.50. The number of benzene rings is 2. The Morgan fingerprint density at radius 3 is 2.43 bits per heavy atom. The van der Waals surface area contributed by atoms with Gasteiger partial charge in [-0.2, -0.15) is 0 Å². The summed E-state index contributed by atoms with van der Waals surface area (Å²) in [5.41, 5.74) is 8.77. The van der Waals surface area contributed by atoms with E-state index in [-0.39, 0.29) is 11.9 Å². The zero-order valence-corrected chi connectivity index (χ0v) is 14.0. The third kappa shape index (κ3) is 4.25. The van der Waals surface area contributed by atoms with Crippen molar-refractivity contribution in [1.82, 2.24) is 4.90 Å². The number of methoxy groups -OCH3 is 1. The van der Waals surface area contributed by atoms with Gasteiger partial charge in [0.05, 0.1) is 13.2 Å². The van der Waals surface area contributed by atoms with E-state index in [0.717, 1.165) is 22.6 Å². The first-order valence-corrected chi connectivity index (χ1v) is 7.76. The Morgan fingerprint density at radius 1 is 1.17 bits per heavy atom. The lowest BCUT2D eigenvalue weighted by Crippen LogP contribution is -2.29. The molecular weight excluding hydrogens is 288 g/mol. The molecule has 0 aliphatic carbocycles. The van der Waals surface area contributed by atoms with Gasteiger partial charge >= 0.3 is 0 Å². The van der Waals surface area contributed by atoms with Crippen molar-refractivity contribution in [1.29, 1.82) is 0 Å². The average Bonchev–Trinajstić information content (AvgIpc) is 2.59. The Balaban J connectivity index is 1.96. The van der Waals surface area contributed by atoms with E-state index in [9.17, 15) is 4.79 Å². The molecule has 1 atom stereocenters. The Labute approximate surface area is 137 Å². The van der Waals surface area contributed by atoms with Crippen molar-refractivity contribution in [3.63, 3.8) is 0 Å². The molecule has 0 aliphatic rings. The third-order valence-electron chi connectivity index (χ3n) is 4.24. The minimum atomic E-state index is 0.0153. The van der Waals surface area contributed by atoms with E-state index in [0.29, 0.717) is 12.8 Å². The second-order valence-electron chi connectivity index (χ2n) is 5.65. The van der Waals surface area contributed by atoms with Gasteiger partial charge in [0.25, 0.3) is 0 Å². The zero-order chi connectivity index (χ0) is 16.8. The van der Waals surface area contributed by atoms with Crippen LogP contribution in [-0.2, 0) is 11.2 Å². The number of aryl methyl sites for hydroxylation is 1. The van der Waals surface area contributed by atoms with Crippen molar-refractivity contribution in [3.8, 4) is 5.75 Å². The summed E-state index contributed by atoms with van der Waals surface area (Å²) in [5.74, 6) is 0.922. The summed E-state index contributed by atoms with van der Waals surface area (Å²) >= 11 is 0. The van der Waals surface area contributed by atoms with E-state index in [1.54, 1.807) is 12.0 Å². The standard InChI is InChI=1S/C19H24N2O2/c1-14(15-8-11-17(23-3)12-9-15)21(2)19(22)13-10-16-6-4-5-7-18(16)20/h4-9,11-12,14H,10,13,20H2,1-3H3. The van der Waals surface area contributed by atoms with Crippen LogP contribution in [0.3, 0.4) is 0 Å². The van der Waals surface area contributed by atoms with Gasteiger partial charge in [-0.05, 0) is 42.7 Å². The molecule has 2 aromatic rings. The summed E-state index contributed by atoms with van der Waals surface area (Å²) in [5, 5.41) is 0. The van der Waals surface area contributed by atoms with Gasteiger partial charge in [-0.3, -0.25) is 4.79 Å². The fraction of sp³-hybridized carbons (Fsp3) is 0.316. The summed E-state index contributed by atoms with van der Waals surface area (Å²) in [6.07, 6.45) is 1.11. The van der Waals surface area contributed by atoms with Crippen LogP contribution in [0.1, 0.15) is 30.5 Å². The number of carbonyl (C=O) groups excluding carboxylic acids is 1. The lowest BCUT2D eigenvalue weighted by molar-refractivity contribution is -0.131. The van der Waals surface area contributed by atoms with E-state index in [2.05, 4.69) is 0 Å². The second-order valence-corrected chi connectivity index (χ2v) is 5.65. The van der Waals surface area contributed by atoms with Crippen LogP contribution in [-0.4, -0.2) is 25.0 Å². The average molecular weight is 312 g/mol. The molecule has 0 radical (unpaired) electrons. The van der Waals surface area contributed by atoms with Crippen LogP contribution in [0.25, 0.3) is 0 Å². The highest BCUT2D eigenvalue weighted by atomic mass is 16.5. The topological polar surface area (TPSA) is 55.6 Å². The molecule has 0 heterocycles. The Morgan fingerprint density at radius 2 is 1.83 bits per heavy atom. The largest absolute Gasteiger partial charge is 0.497 e. The van der Waals surface area contributed by atoms with Gasteiger partial charge in [-0.15, -0.1) is 0 Å². The quantitative estimate of drug-likeness (QED) is 0.831. The summed E-state index contributed by atoms with van der Waals surface area (Å²) in [6, 6.07) is 15.5. The molecule has 0 bridgehead atoms. The molecule has 4 heteroatoms. The van der Waals surface area contributed by atoms with Gasteiger partial charge in [0.15, 0.2) is 0 Å². The maximum Gasteiger partial charge on any atom is 0.223 e. The predicted octanol–water partition coefficient (Wildman–Crippen LogP) is 3.43. The highest BCUT2D eigenvalue weighted by molar-refractivity contribution is 5.77. The van der Waals surface area contributed by atoms with E-state index >= 15 is 0 Å². The Bertz CT molecular complexity index is 653. The van der Waals surface area contributed by atoms with Crippen molar-refractivity contribution in [2.75, 3.05) is 19.9 Å². The molecule has 0 saturated carbocycles. The molecule has 2 rings (SSSR count). The SMILES string of the molecule is COc1ccc(C(C)N(C)C(=O)CCc2ccccc2N)cc1. The van der Waals surface area contributed by atoms with Crippen LogP contribution in [0.4, 0.5) is 5.69 Å². The number of amides is 1. The Hall–Kier alpha value is -2.49. The lowest BCUT2D eigenvalue weighted by atomic mass is 10.0. The molecule has 4 nitrogen and oxygen atoms in total. The van der Waals surface area contributed by atoms with Gasteiger partial charge in [0, 0.05) is 19.2 Å². The molecule has 0 fully saturated rings. The van der Waals surface area contributed by atoms with Gasteiger partial charge in [-0.1, -0.05) is 30.3 Å². The molecule has 2 N–H and O–H groups in total. The normalized spacial score (nSPS) is 11.8. The lowest BCUT2D eigenvalue weighted by Gasteiger charge is -2.25. The minimum absolute atomic E-state index is 0.0153. The van der Waals surface area contributed by atoms with Crippen molar-refractivity contribution in [2.45, 2.75) is 25.8 Å². The third-order valence-corrected chi connectivity index (χ3v) is 4.24. The monoisotopic (exact) mass is 312 g/mol. The van der Waals surface area contributed by atoms with E-state index in [4.69, 9.17) is 10.5 Å². The summed E-state index contributed by atoms with van der Waals surface area (Å²) < 4.78 is 5.16. The number of nitrogens with two attached hydrogens (primary N) is 1. The van der Waals surface area contributed by atoms with E-state index in [1.165, 1.54) is 0 Å². The van der Waals surface area contributed by atoms with Crippen LogP contribution in [0.15, 0.2) is 48.5 Å². The van der Waals surface area contributed by atoms with Gasteiger partial charge in [0.1, 0.15) is 5.75 Å². The Kier molecular flexibility index (Phi) is 5.63. The van der Waals surface area contributed by atoms with Gasteiger partial charge in [-0.25, -0.2) is 0 Å². The van der Waals surface area contributed by atoms with Crippen molar-refractivity contribution < 1.29 is 9.53 Å². The van der Waals surface area contributed by atoms with Crippen molar-refractivity contribution >= 4 is 11.6 Å². The molecule has 0 aromatic heterocycles. The van der Waals surface area contributed by atoms with Crippen molar-refractivity contribution in [2.24, 2.45) is 0 Å². The van der Waals surface area contributed by atoms with Gasteiger partial charge in [0.2, 0.25) is 5.91 Å². The first kappa shape index (κ1) is 16.9. The number of hydrogen-bond donors (Lipinski definition) is 1. The maximum atomic E-state index is 12.4. The highest BCUT2D eigenvalue weighted by Crippen LogP contribution is 2.22. The van der Waals surface area contributed by atoms with Crippen molar-refractivity contribution in [3.05, 3.63) is 59.7 Å².